The van der Waals surface area contributed by atoms with Crippen LogP contribution in [-0.4, -0.2) is 89.2 Å². The summed E-state index contributed by atoms with van der Waals surface area (Å²) in [6.45, 7) is 14.3. The van der Waals surface area contributed by atoms with E-state index in [1.54, 1.807) is 26.9 Å². The van der Waals surface area contributed by atoms with E-state index in [1.165, 1.54) is 0 Å². The smallest absolute Gasteiger partial charge is 0.253 e. The summed E-state index contributed by atoms with van der Waals surface area (Å²) in [5.41, 5.74) is 2.39. The van der Waals surface area contributed by atoms with E-state index in [4.69, 9.17) is 4.74 Å². The first kappa shape index (κ1) is 36.1. The molecule has 0 aromatic heterocycles. The molecular formula is C42H50N4O5. The monoisotopic (exact) mass is 690 g/mol. The third kappa shape index (κ3) is 6.72. The molecule has 9 heteroatoms. The maximum Gasteiger partial charge on any atom is 0.253 e. The van der Waals surface area contributed by atoms with Crippen LogP contribution in [-0.2, 0) is 32.1 Å². The molecule has 2 bridgehead atoms. The molecule has 3 aromatic carbocycles. The Hall–Kier alpha value is -4.73. The van der Waals surface area contributed by atoms with Crippen molar-refractivity contribution in [3.8, 4) is 0 Å². The SMILES string of the molecule is C=CCN(Cc1ccccc1)C(=O)[C@@H]1[C@H]2C(=O)N([C@@H](CO)Cc3ccccc3)C(C(=O)N(CC=C)c3ccc(N(CC)CC)cc3)C23CC[C@H]1O3. The zero-order chi connectivity index (χ0) is 36.1. The molecular weight excluding hydrogens is 640 g/mol. The fourth-order valence-corrected chi connectivity index (χ4v) is 8.62. The first-order valence-electron chi connectivity index (χ1n) is 18.2. The summed E-state index contributed by atoms with van der Waals surface area (Å²) in [6.07, 6.45) is 4.21. The number of carbonyl (C=O) groups is 3. The topological polar surface area (TPSA) is 93.6 Å². The third-order valence-electron chi connectivity index (χ3n) is 10.9. The molecule has 3 aliphatic heterocycles. The predicted molar refractivity (Wildman–Crippen MR) is 200 cm³/mol. The van der Waals surface area contributed by atoms with Crippen LogP contribution in [0.5, 0.6) is 0 Å². The van der Waals surface area contributed by atoms with Gasteiger partial charge in [0.15, 0.2) is 0 Å². The average molecular weight is 691 g/mol. The van der Waals surface area contributed by atoms with Crippen molar-refractivity contribution in [1.82, 2.24) is 9.80 Å². The van der Waals surface area contributed by atoms with Crippen LogP contribution in [0.4, 0.5) is 11.4 Å². The number of carbonyl (C=O) groups excluding carboxylic acids is 3. The van der Waals surface area contributed by atoms with Crippen molar-refractivity contribution in [1.29, 1.82) is 0 Å². The summed E-state index contributed by atoms with van der Waals surface area (Å²) >= 11 is 0. The average Bonchev–Trinajstić information content (AvgIpc) is 3.81. The molecule has 3 aromatic rings. The summed E-state index contributed by atoms with van der Waals surface area (Å²) in [6, 6.07) is 25.5. The molecule has 51 heavy (non-hydrogen) atoms. The van der Waals surface area contributed by atoms with Gasteiger partial charge in [-0.1, -0.05) is 72.8 Å². The molecule has 0 saturated carbocycles. The molecule has 3 heterocycles. The molecule has 6 atom stereocenters. The molecule has 6 rings (SSSR count). The molecule has 1 N–H and O–H groups in total. The molecule has 3 fully saturated rings. The van der Waals surface area contributed by atoms with Crippen molar-refractivity contribution in [2.75, 3.05) is 42.6 Å². The van der Waals surface area contributed by atoms with E-state index in [2.05, 4.69) is 31.9 Å². The molecule has 0 aliphatic carbocycles. The van der Waals surface area contributed by atoms with Crippen LogP contribution in [0.3, 0.4) is 0 Å². The molecule has 3 saturated heterocycles. The van der Waals surface area contributed by atoms with Crippen LogP contribution in [0.15, 0.2) is 110 Å². The Morgan fingerprint density at radius 3 is 2.10 bits per heavy atom. The van der Waals surface area contributed by atoms with Crippen molar-refractivity contribution in [3.63, 3.8) is 0 Å². The number of amides is 3. The maximum atomic E-state index is 15.2. The Morgan fingerprint density at radius 2 is 1.51 bits per heavy atom. The van der Waals surface area contributed by atoms with Gasteiger partial charge in [-0.25, -0.2) is 0 Å². The quantitative estimate of drug-likeness (QED) is 0.207. The van der Waals surface area contributed by atoms with E-state index in [9.17, 15) is 14.7 Å². The summed E-state index contributed by atoms with van der Waals surface area (Å²) < 4.78 is 6.82. The van der Waals surface area contributed by atoms with Gasteiger partial charge in [-0.2, -0.15) is 0 Å². The number of hydrogen-bond acceptors (Lipinski definition) is 6. The lowest BCUT2D eigenvalue weighted by molar-refractivity contribution is -0.147. The van der Waals surface area contributed by atoms with Gasteiger partial charge in [0.25, 0.3) is 5.91 Å². The maximum absolute atomic E-state index is 15.2. The highest BCUT2D eigenvalue weighted by molar-refractivity contribution is 6.05. The largest absolute Gasteiger partial charge is 0.394 e. The second kappa shape index (κ2) is 15.7. The molecule has 9 nitrogen and oxygen atoms in total. The van der Waals surface area contributed by atoms with Crippen molar-refractivity contribution < 1.29 is 24.2 Å². The van der Waals surface area contributed by atoms with Gasteiger partial charge < -0.3 is 29.4 Å². The number of benzene rings is 3. The van der Waals surface area contributed by atoms with Gasteiger partial charge in [0.05, 0.1) is 30.6 Å². The Bertz CT molecular complexity index is 1700. The van der Waals surface area contributed by atoms with Gasteiger partial charge in [0.2, 0.25) is 11.8 Å². The van der Waals surface area contributed by atoms with Crippen LogP contribution < -0.4 is 9.80 Å². The zero-order valence-electron chi connectivity index (χ0n) is 29.8. The molecule has 2 unspecified atom stereocenters. The van der Waals surface area contributed by atoms with Gasteiger partial charge in [0.1, 0.15) is 11.6 Å². The second-order valence-corrected chi connectivity index (χ2v) is 13.7. The second-order valence-electron chi connectivity index (χ2n) is 13.7. The lowest BCUT2D eigenvalue weighted by atomic mass is 9.70. The summed E-state index contributed by atoms with van der Waals surface area (Å²) in [5, 5.41) is 10.9. The highest BCUT2D eigenvalue weighted by atomic mass is 16.5. The number of aliphatic hydroxyl groups is 1. The Labute approximate surface area is 301 Å². The van der Waals surface area contributed by atoms with E-state index >= 15 is 4.79 Å². The lowest BCUT2D eigenvalue weighted by Crippen LogP contribution is -2.59. The number of rotatable bonds is 16. The van der Waals surface area contributed by atoms with Crippen LogP contribution >= 0.6 is 0 Å². The van der Waals surface area contributed by atoms with Gasteiger partial charge >= 0.3 is 0 Å². The number of hydrogen-bond donors (Lipinski definition) is 1. The Morgan fingerprint density at radius 1 is 0.902 bits per heavy atom. The number of anilines is 2. The van der Waals surface area contributed by atoms with Crippen molar-refractivity contribution in [2.45, 2.75) is 63.4 Å². The van der Waals surface area contributed by atoms with E-state index in [0.717, 1.165) is 29.9 Å². The highest BCUT2D eigenvalue weighted by Gasteiger charge is 2.75. The summed E-state index contributed by atoms with van der Waals surface area (Å²) in [5.74, 6) is -2.46. The number of ether oxygens (including phenoxy) is 1. The molecule has 3 aliphatic rings. The molecule has 1 spiro atoms. The van der Waals surface area contributed by atoms with Crippen molar-refractivity contribution >= 4 is 29.1 Å². The van der Waals surface area contributed by atoms with E-state index in [1.807, 2.05) is 84.9 Å². The first-order chi connectivity index (χ1) is 24.8. The van der Waals surface area contributed by atoms with E-state index in [-0.39, 0.29) is 30.9 Å². The van der Waals surface area contributed by atoms with Crippen molar-refractivity contribution in [3.05, 3.63) is 121 Å². The highest BCUT2D eigenvalue weighted by Crippen LogP contribution is 2.59. The van der Waals surface area contributed by atoms with Gasteiger partial charge in [0, 0.05) is 44.1 Å². The minimum absolute atomic E-state index is 0.185. The van der Waals surface area contributed by atoms with Crippen LogP contribution in [0.1, 0.15) is 37.8 Å². The van der Waals surface area contributed by atoms with Gasteiger partial charge in [-0.05, 0) is 68.5 Å². The Balaban J connectivity index is 1.41. The molecule has 268 valence electrons. The third-order valence-corrected chi connectivity index (χ3v) is 10.9. The van der Waals surface area contributed by atoms with E-state index < -0.39 is 35.6 Å². The van der Waals surface area contributed by atoms with Crippen LogP contribution in [0.2, 0.25) is 0 Å². The number of aliphatic hydroxyl groups excluding tert-OH is 1. The fourth-order valence-electron chi connectivity index (χ4n) is 8.62. The van der Waals surface area contributed by atoms with Crippen LogP contribution in [0, 0.1) is 11.8 Å². The normalized spacial score (nSPS) is 23.8. The molecule has 3 amide bonds. The lowest BCUT2D eigenvalue weighted by Gasteiger charge is -2.39. The minimum atomic E-state index is -1.23. The predicted octanol–water partition coefficient (Wildman–Crippen LogP) is 5.24. The van der Waals surface area contributed by atoms with Gasteiger partial charge in [-0.3, -0.25) is 14.4 Å². The summed E-state index contributed by atoms with van der Waals surface area (Å²) in [4.78, 5) is 51.9. The van der Waals surface area contributed by atoms with Crippen molar-refractivity contribution in [2.24, 2.45) is 11.8 Å². The van der Waals surface area contributed by atoms with Gasteiger partial charge in [-0.15, -0.1) is 13.2 Å². The zero-order valence-corrected chi connectivity index (χ0v) is 29.8. The molecule has 0 radical (unpaired) electrons. The fraction of sp³-hybridized carbons (Fsp3) is 0.405. The number of fused-ring (bicyclic) bond motifs is 1. The number of likely N-dealkylation sites (tertiary alicyclic amines) is 1. The van der Waals surface area contributed by atoms with Crippen LogP contribution in [0.25, 0.3) is 0 Å². The number of nitrogens with zero attached hydrogens (tertiary/aromatic N) is 4. The Kier molecular flexibility index (Phi) is 11.1. The first-order valence-corrected chi connectivity index (χ1v) is 18.2. The minimum Gasteiger partial charge on any atom is -0.394 e. The summed E-state index contributed by atoms with van der Waals surface area (Å²) in [7, 11) is 0. The standard InChI is InChI=1S/C42H50N4O5/c1-5-25-44(28-31-17-13-10-14-18-31)39(48)36-35-23-24-42(51-35)37(36)40(49)46(34(29-47)27-30-15-11-9-12-16-30)38(42)41(50)45(26-6-2)33-21-19-32(20-22-33)43(7-3)8-4/h5-6,9-22,34-38,47H,1-2,7-8,23-29H2,3-4H3/t34-,35-,36+,37+,38?,42?/m1/s1. The van der Waals surface area contributed by atoms with E-state index in [0.29, 0.717) is 38.0 Å².